The zero-order valence-electron chi connectivity index (χ0n) is 14.0. The lowest BCUT2D eigenvalue weighted by molar-refractivity contribution is 0.598. The number of anilines is 1. The van der Waals surface area contributed by atoms with Gasteiger partial charge in [0.1, 0.15) is 5.82 Å². The maximum Gasteiger partial charge on any atom is 0.326 e. The van der Waals surface area contributed by atoms with E-state index < -0.39 is 0 Å². The Morgan fingerprint density at radius 2 is 1.92 bits per heavy atom. The highest BCUT2D eigenvalue weighted by atomic mass is 16.1. The van der Waals surface area contributed by atoms with Crippen molar-refractivity contribution in [1.29, 1.82) is 0 Å². The van der Waals surface area contributed by atoms with Gasteiger partial charge in [-0.3, -0.25) is 9.55 Å². The number of aromatic nitrogens is 4. The van der Waals surface area contributed by atoms with E-state index in [0.717, 1.165) is 41.2 Å². The topological polar surface area (TPSA) is 66.8 Å². The summed E-state index contributed by atoms with van der Waals surface area (Å²) in [4.78, 5) is 26.7. The van der Waals surface area contributed by atoms with Crippen molar-refractivity contribution in [3.63, 3.8) is 0 Å². The Bertz CT molecular complexity index is 917. The molecule has 4 rings (SSSR count). The standard InChI is InChI=1S/C18H21N5O/c1-12(2)23-15-7-5-6-13(17(15)21-18(23)24)14-10-20-16(11-19-14)22-8-3-4-9-22/h5-7,10-12H,3-4,8-9H2,1-2H3,(H,21,24). The van der Waals surface area contributed by atoms with Gasteiger partial charge in [0.15, 0.2) is 0 Å². The maximum absolute atomic E-state index is 12.3. The minimum atomic E-state index is -0.0888. The van der Waals surface area contributed by atoms with Crippen LogP contribution < -0.4 is 10.6 Å². The van der Waals surface area contributed by atoms with Gasteiger partial charge in [-0.15, -0.1) is 0 Å². The average molecular weight is 323 g/mol. The van der Waals surface area contributed by atoms with Crippen molar-refractivity contribution >= 4 is 16.9 Å². The highest BCUT2D eigenvalue weighted by molar-refractivity contribution is 5.90. The van der Waals surface area contributed by atoms with Crippen molar-refractivity contribution in [3.8, 4) is 11.3 Å². The Morgan fingerprint density at radius 1 is 1.12 bits per heavy atom. The van der Waals surface area contributed by atoms with Crippen molar-refractivity contribution in [3.05, 3.63) is 41.1 Å². The summed E-state index contributed by atoms with van der Waals surface area (Å²) in [6, 6.07) is 6.00. The molecule has 1 fully saturated rings. The molecule has 0 unspecified atom stereocenters. The normalized spacial score (nSPS) is 14.9. The molecule has 1 aliphatic rings. The van der Waals surface area contributed by atoms with Crippen molar-refractivity contribution in [2.45, 2.75) is 32.7 Å². The number of nitrogens with one attached hydrogen (secondary N) is 1. The molecule has 3 heterocycles. The number of para-hydroxylation sites is 1. The number of benzene rings is 1. The summed E-state index contributed by atoms with van der Waals surface area (Å²) in [5.41, 5.74) is 3.32. The van der Waals surface area contributed by atoms with Gasteiger partial charge in [-0.1, -0.05) is 12.1 Å². The van der Waals surface area contributed by atoms with Gasteiger partial charge in [0, 0.05) is 24.7 Å². The average Bonchev–Trinajstić information content (AvgIpc) is 3.21. The fraction of sp³-hybridized carbons (Fsp3) is 0.389. The zero-order valence-corrected chi connectivity index (χ0v) is 14.0. The molecule has 124 valence electrons. The van der Waals surface area contributed by atoms with Crippen LogP contribution in [0, 0.1) is 0 Å². The van der Waals surface area contributed by atoms with Gasteiger partial charge < -0.3 is 9.88 Å². The van der Waals surface area contributed by atoms with Gasteiger partial charge >= 0.3 is 5.69 Å². The smallest absolute Gasteiger partial charge is 0.326 e. The molecule has 6 heteroatoms. The van der Waals surface area contributed by atoms with Gasteiger partial charge in [-0.05, 0) is 32.8 Å². The number of hydrogen-bond acceptors (Lipinski definition) is 4. The molecule has 0 saturated carbocycles. The zero-order chi connectivity index (χ0) is 16.7. The van der Waals surface area contributed by atoms with E-state index >= 15 is 0 Å². The molecule has 6 nitrogen and oxygen atoms in total. The molecule has 0 bridgehead atoms. The fourth-order valence-corrected chi connectivity index (χ4v) is 3.44. The third-order valence-electron chi connectivity index (χ3n) is 4.61. The van der Waals surface area contributed by atoms with Crippen LogP contribution in [0.3, 0.4) is 0 Å². The lowest BCUT2D eigenvalue weighted by atomic mass is 10.1. The predicted molar refractivity (Wildman–Crippen MR) is 95.4 cm³/mol. The first-order valence-electron chi connectivity index (χ1n) is 8.46. The van der Waals surface area contributed by atoms with Crippen LogP contribution in [0.5, 0.6) is 0 Å². The molecule has 0 spiro atoms. The fourth-order valence-electron chi connectivity index (χ4n) is 3.44. The van der Waals surface area contributed by atoms with E-state index in [1.54, 1.807) is 10.8 Å². The molecule has 0 amide bonds. The van der Waals surface area contributed by atoms with Gasteiger partial charge in [0.2, 0.25) is 0 Å². The third-order valence-corrected chi connectivity index (χ3v) is 4.61. The van der Waals surface area contributed by atoms with E-state index in [1.165, 1.54) is 12.8 Å². The number of nitrogens with zero attached hydrogens (tertiary/aromatic N) is 4. The van der Waals surface area contributed by atoms with Crippen LogP contribution in [0.15, 0.2) is 35.4 Å². The van der Waals surface area contributed by atoms with E-state index in [1.807, 2.05) is 38.2 Å². The molecule has 1 saturated heterocycles. The van der Waals surface area contributed by atoms with Crippen LogP contribution in [0.1, 0.15) is 32.7 Å². The van der Waals surface area contributed by atoms with E-state index in [0.29, 0.717) is 0 Å². The second-order valence-electron chi connectivity index (χ2n) is 6.55. The van der Waals surface area contributed by atoms with Crippen molar-refractivity contribution < 1.29 is 0 Å². The van der Waals surface area contributed by atoms with Crippen LogP contribution >= 0.6 is 0 Å². The van der Waals surface area contributed by atoms with Gasteiger partial charge in [-0.2, -0.15) is 0 Å². The number of fused-ring (bicyclic) bond motifs is 1. The molecule has 1 aliphatic heterocycles. The first-order chi connectivity index (χ1) is 11.6. The molecule has 1 N–H and O–H groups in total. The summed E-state index contributed by atoms with van der Waals surface area (Å²) in [5.74, 6) is 0.927. The first-order valence-corrected chi connectivity index (χ1v) is 8.46. The largest absolute Gasteiger partial charge is 0.355 e. The Balaban J connectivity index is 1.79. The van der Waals surface area contributed by atoms with Gasteiger partial charge in [0.25, 0.3) is 0 Å². The molecule has 0 aliphatic carbocycles. The first kappa shape index (κ1) is 14.9. The Kier molecular flexibility index (Phi) is 3.59. The lowest BCUT2D eigenvalue weighted by Crippen LogP contribution is -2.19. The quantitative estimate of drug-likeness (QED) is 0.805. The van der Waals surface area contributed by atoms with Gasteiger partial charge in [0.05, 0.1) is 29.1 Å². The SMILES string of the molecule is CC(C)n1c(=O)[nH]c2c(-c3cnc(N4CCCC4)cn3)cccc21. The minimum Gasteiger partial charge on any atom is -0.355 e. The predicted octanol–water partition coefficient (Wildman–Crippen LogP) is 2.97. The summed E-state index contributed by atoms with van der Waals surface area (Å²) in [6.07, 6.45) is 6.06. The van der Waals surface area contributed by atoms with Gasteiger partial charge in [-0.25, -0.2) is 9.78 Å². The summed E-state index contributed by atoms with van der Waals surface area (Å²) < 4.78 is 1.77. The van der Waals surface area contributed by atoms with E-state index in [9.17, 15) is 4.79 Å². The van der Waals surface area contributed by atoms with E-state index in [2.05, 4.69) is 19.9 Å². The van der Waals surface area contributed by atoms with Crippen molar-refractivity contribution in [2.24, 2.45) is 0 Å². The highest BCUT2D eigenvalue weighted by Crippen LogP contribution is 2.27. The molecule has 24 heavy (non-hydrogen) atoms. The second-order valence-corrected chi connectivity index (χ2v) is 6.55. The molecule has 0 radical (unpaired) electrons. The summed E-state index contributed by atoms with van der Waals surface area (Å²) in [7, 11) is 0. The monoisotopic (exact) mass is 323 g/mol. The number of imidazole rings is 1. The second kappa shape index (κ2) is 5.78. The lowest BCUT2D eigenvalue weighted by Gasteiger charge is -2.15. The van der Waals surface area contributed by atoms with Crippen molar-refractivity contribution in [1.82, 2.24) is 19.5 Å². The molecular weight excluding hydrogens is 302 g/mol. The third kappa shape index (κ3) is 2.38. The Hall–Kier alpha value is -2.63. The number of H-pyrrole nitrogens is 1. The Labute approximate surface area is 140 Å². The summed E-state index contributed by atoms with van der Waals surface area (Å²) >= 11 is 0. The van der Waals surface area contributed by atoms with Crippen LogP contribution in [-0.4, -0.2) is 32.6 Å². The van der Waals surface area contributed by atoms with Crippen LogP contribution in [-0.2, 0) is 0 Å². The van der Waals surface area contributed by atoms with E-state index in [-0.39, 0.29) is 11.7 Å². The summed E-state index contributed by atoms with van der Waals surface area (Å²) in [6.45, 7) is 6.11. The highest BCUT2D eigenvalue weighted by Gasteiger charge is 2.16. The van der Waals surface area contributed by atoms with Crippen LogP contribution in [0.4, 0.5) is 5.82 Å². The number of rotatable bonds is 3. The number of hydrogen-bond donors (Lipinski definition) is 1. The molecule has 2 aromatic heterocycles. The molecule has 3 aromatic rings. The number of aromatic amines is 1. The maximum atomic E-state index is 12.3. The molecule has 0 atom stereocenters. The van der Waals surface area contributed by atoms with Crippen LogP contribution in [0.25, 0.3) is 22.3 Å². The molecular formula is C18H21N5O. The minimum absolute atomic E-state index is 0.0888. The van der Waals surface area contributed by atoms with E-state index in [4.69, 9.17) is 0 Å². The Morgan fingerprint density at radius 3 is 2.58 bits per heavy atom. The summed E-state index contributed by atoms with van der Waals surface area (Å²) in [5, 5.41) is 0. The molecule has 1 aromatic carbocycles. The van der Waals surface area contributed by atoms with Crippen LogP contribution in [0.2, 0.25) is 0 Å². The van der Waals surface area contributed by atoms with Crippen molar-refractivity contribution in [2.75, 3.05) is 18.0 Å².